The molecule has 1 N–H and O–H groups in total. The fourth-order valence-electron chi connectivity index (χ4n) is 5.95. The second-order valence-electron chi connectivity index (χ2n) is 13.7. The average molecular weight is 577 g/mol. The van der Waals surface area contributed by atoms with Crippen LogP contribution in [0.25, 0.3) is 0 Å². The Morgan fingerprint density at radius 2 is 1.67 bits per heavy atom. The van der Waals surface area contributed by atoms with Gasteiger partial charge in [-0.15, -0.1) is 0 Å². The van der Waals surface area contributed by atoms with Gasteiger partial charge in [0.25, 0.3) is 5.91 Å². The van der Waals surface area contributed by atoms with Crippen LogP contribution in [0, 0.1) is 0 Å². The summed E-state index contributed by atoms with van der Waals surface area (Å²) in [5.41, 5.74) is 1.86. The smallest absolute Gasteiger partial charge is 0.410 e. The number of pyridine rings is 1. The van der Waals surface area contributed by atoms with Gasteiger partial charge in [0.15, 0.2) is 0 Å². The van der Waals surface area contributed by atoms with E-state index in [4.69, 9.17) is 4.74 Å². The summed E-state index contributed by atoms with van der Waals surface area (Å²) in [7, 11) is 0. The molecule has 2 heterocycles. The fraction of sp³-hybridized carbons (Fsp3) is 0.588. The molecule has 2 aliphatic rings. The van der Waals surface area contributed by atoms with Crippen molar-refractivity contribution in [2.24, 2.45) is 0 Å². The Balaban J connectivity index is 1.72. The standard InChI is InChI=1S/C34H48N4O4/c1-33(2,3)25-16-18-27(19-17-25)38(31(40)28-15-11-21-37(28)32(41)42-34(4,5)6)29(24-12-10-20-35-23-24)22-30(39)36-26-13-8-7-9-14-26/h10,12,16-20,23,26,28-29H,7-9,11,13-15,21-22H2,1-6H3,(H,36,39)/t28-,29?/m1/s1. The van der Waals surface area contributed by atoms with Gasteiger partial charge in [0.2, 0.25) is 5.91 Å². The first-order valence-electron chi connectivity index (χ1n) is 15.5. The maximum absolute atomic E-state index is 14.6. The van der Waals surface area contributed by atoms with E-state index in [0.29, 0.717) is 25.1 Å². The number of rotatable bonds is 7. The Labute approximate surface area is 251 Å². The van der Waals surface area contributed by atoms with Gasteiger partial charge in [0.1, 0.15) is 11.6 Å². The summed E-state index contributed by atoms with van der Waals surface area (Å²) in [6.07, 6.45) is 9.63. The maximum atomic E-state index is 14.6. The molecular formula is C34H48N4O4. The second kappa shape index (κ2) is 13.3. The Hall–Kier alpha value is -3.42. The van der Waals surface area contributed by atoms with Crippen molar-refractivity contribution in [2.75, 3.05) is 11.4 Å². The summed E-state index contributed by atoms with van der Waals surface area (Å²) in [6, 6.07) is 10.6. The summed E-state index contributed by atoms with van der Waals surface area (Å²) in [5, 5.41) is 3.23. The molecular weight excluding hydrogens is 528 g/mol. The number of nitrogens with one attached hydrogen (secondary N) is 1. The predicted molar refractivity (Wildman–Crippen MR) is 165 cm³/mol. The van der Waals surface area contributed by atoms with Crippen LogP contribution in [0.1, 0.15) is 110 Å². The number of carbonyl (C=O) groups is 3. The average Bonchev–Trinajstić information content (AvgIpc) is 3.43. The molecule has 1 aromatic carbocycles. The van der Waals surface area contributed by atoms with E-state index < -0.39 is 23.8 Å². The van der Waals surface area contributed by atoms with Crippen LogP contribution in [0.5, 0.6) is 0 Å². The number of hydrogen-bond donors (Lipinski definition) is 1. The van der Waals surface area contributed by atoms with E-state index >= 15 is 0 Å². The molecule has 1 aromatic heterocycles. The molecule has 2 aromatic rings. The van der Waals surface area contributed by atoms with Crippen molar-refractivity contribution < 1.29 is 19.1 Å². The first-order valence-corrected chi connectivity index (χ1v) is 15.5. The Kier molecular flexibility index (Phi) is 9.95. The van der Waals surface area contributed by atoms with Crippen LogP contribution in [0.4, 0.5) is 10.5 Å². The van der Waals surface area contributed by atoms with E-state index in [0.717, 1.165) is 36.8 Å². The Morgan fingerprint density at radius 3 is 2.26 bits per heavy atom. The minimum absolute atomic E-state index is 0.0605. The van der Waals surface area contributed by atoms with Gasteiger partial charge in [-0.3, -0.25) is 19.5 Å². The minimum atomic E-state index is -0.692. The third-order valence-electron chi connectivity index (χ3n) is 8.14. The molecule has 4 rings (SSSR count). The summed E-state index contributed by atoms with van der Waals surface area (Å²) < 4.78 is 5.68. The number of hydrogen-bond acceptors (Lipinski definition) is 5. The zero-order chi connectivity index (χ0) is 30.5. The highest BCUT2D eigenvalue weighted by atomic mass is 16.6. The van der Waals surface area contributed by atoms with Crippen molar-refractivity contribution in [1.82, 2.24) is 15.2 Å². The largest absolute Gasteiger partial charge is 0.444 e. The van der Waals surface area contributed by atoms with Gasteiger partial charge >= 0.3 is 6.09 Å². The van der Waals surface area contributed by atoms with Crippen LogP contribution in [0.3, 0.4) is 0 Å². The van der Waals surface area contributed by atoms with E-state index in [9.17, 15) is 14.4 Å². The van der Waals surface area contributed by atoms with Crippen molar-refractivity contribution in [3.63, 3.8) is 0 Å². The van der Waals surface area contributed by atoms with Crippen LogP contribution in [0.15, 0.2) is 48.8 Å². The lowest BCUT2D eigenvalue weighted by molar-refractivity contribution is -0.124. The number of ether oxygens (including phenoxy) is 1. The number of benzene rings is 1. The molecule has 1 aliphatic heterocycles. The monoisotopic (exact) mass is 576 g/mol. The van der Waals surface area contributed by atoms with Crippen molar-refractivity contribution in [1.29, 1.82) is 0 Å². The number of aromatic nitrogens is 1. The van der Waals surface area contributed by atoms with Gasteiger partial charge in [-0.05, 0) is 81.2 Å². The second-order valence-corrected chi connectivity index (χ2v) is 13.7. The third-order valence-corrected chi connectivity index (χ3v) is 8.14. The quantitative estimate of drug-likeness (QED) is 0.396. The molecule has 1 unspecified atom stereocenters. The topological polar surface area (TPSA) is 91.8 Å². The SMILES string of the molecule is CC(C)(C)OC(=O)N1CCC[C@@H]1C(=O)N(c1ccc(C(C)(C)C)cc1)C(CC(=O)NC1CCCCC1)c1cccnc1. The van der Waals surface area contributed by atoms with E-state index in [2.05, 4.69) is 31.1 Å². The van der Waals surface area contributed by atoms with Crippen molar-refractivity contribution in [3.8, 4) is 0 Å². The normalized spacial score (nSPS) is 18.8. The summed E-state index contributed by atoms with van der Waals surface area (Å²) in [6.45, 7) is 12.4. The molecule has 1 aliphatic carbocycles. The van der Waals surface area contributed by atoms with Gasteiger partial charge in [0.05, 0.1) is 12.5 Å². The van der Waals surface area contributed by atoms with Crippen molar-refractivity contribution in [3.05, 3.63) is 59.9 Å². The zero-order valence-electron chi connectivity index (χ0n) is 26.2. The van der Waals surface area contributed by atoms with Gasteiger partial charge in [-0.25, -0.2) is 4.79 Å². The van der Waals surface area contributed by atoms with Gasteiger partial charge in [-0.1, -0.05) is 58.2 Å². The van der Waals surface area contributed by atoms with Crippen LogP contribution >= 0.6 is 0 Å². The Bertz CT molecular complexity index is 1210. The molecule has 228 valence electrons. The summed E-state index contributed by atoms with van der Waals surface area (Å²) in [5.74, 6) is -0.309. The third kappa shape index (κ3) is 8.11. The number of anilines is 1. The fourth-order valence-corrected chi connectivity index (χ4v) is 5.95. The maximum Gasteiger partial charge on any atom is 0.410 e. The molecule has 1 saturated carbocycles. The lowest BCUT2D eigenvalue weighted by Gasteiger charge is -2.37. The lowest BCUT2D eigenvalue weighted by atomic mass is 9.87. The van der Waals surface area contributed by atoms with Crippen LogP contribution in [-0.4, -0.2) is 52.0 Å². The van der Waals surface area contributed by atoms with Gasteiger partial charge in [0, 0.05) is 30.7 Å². The van der Waals surface area contributed by atoms with Crippen LogP contribution in [0.2, 0.25) is 0 Å². The molecule has 42 heavy (non-hydrogen) atoms. The molecule has 8 nitrogen and oxygen atoms in total. The summed E-state index contributed by atoms with van der Waals surface area (Å²) >= 11 is 0. The number of carbonyl (C=O) groups excluding carboxylic acids is 3. The highest BCUT2D eigenvalue weighted by Gasteiger charge is 2.42. The number of likely N-dealkylation sites (tertiary alicyclic amines) is 1. The highest BCUT2D eigenvalue weighted by Crippen LogP contribution is 2.35. The summed E-state index contributed by atoms with van der Waals surface area (Å²) in [4.78, 5) is 48.9. The molecule has 2 fully saturated rings. The zero-order valence-corrected chi connectivity index (χ0v) is 26.2. The van der Waals surface area contributed by atoms with Crippen LogP contribution in [-0.2, 0) is 19.7 Å². The van der Waals surface area contributed by atoms with E-state index in [1.807, 2.05) is 57.2 Å². The van der Waals surface area contributed by atoms with E-state index in [1.54, 1.807) is 22.2 Å². The molecule has 0 bridgehead atoms. The van der Waals surface area contributed by atoms with Gasteiger partial charge < -0.3 is 15.0 Å². The minimum Gasteiger partial charge on any atom is -0.444 e. The molecule has 0 spiro atoms. The first kappa shape index (κ1) is 31.5. The van der Waals surface area contributed by atoms with Crippen LogP contribution < -0.4 is 10.2 Å². The van der Waals surface area contributed by atoms with E-state index in [-0.39, 0.29) is 29.7 Å². The first-order chi connectivity index (χ1) is 19.8. The highest BCUT2D eigenvalue weighted by molar-refractivity contribution is 6.00. The molecule has 0 radical (unpaired) electrons. The van der Waals surface area contributed by atoms with E-state index in [1.165, 1.54) is 6.42 Å². The molecule has 8 heteroatoms. The molecule has 2 atom stereocenters. The lowest BCUT2D eigenvalue weighted by Crippen LogP contribution is -2.51. The Morgan fingerprint density at radius 1 is 0.976 bits per heavy atom. The van der Waals surface area contributed by atoms with Gasteiger partial charge in [-0.2, -0.15) is 0 Å². The number of amides is 3. The van der Waals surface area contributed by atoms with Crippen molar-refractivity contribution >= 4 is 23.6 Å². The number of nitrogens with zero attached hydrogens (tertiary/aromatic N) is 3. The van der Waals surface area contributed by atoms with Crippen molar-refractivity contribution in [2.45, 2.75) is 122 Å². The predicted octanol–water partition coefficient (Wildman–Crippen LogP) is 6.69. The molecule has 1 saturated heterocycles. The molecule has 3 amide bonds.